The molecule has 0 bridgehead atoms. The molecular weight excluding hydrogens is 265 g/mol. The number of carbonyl (C=O) groups excluding carboxylic acids is 1. The van der Waals surface area contributed by atoms with E-state index in [0.717, 1.165) is 3.57 Å². The fraction of sp³-hybridized carbons (Fsp3) is 0.111. The lowest BCUT2D eigenvalue weighted by Crippen LogP contribution is -1.99. The summed E-state index contributed by atoms with van der Waals surface area (Å²) in [6.07, 6.45) is -0.0417. The van der Waals surface area contributed by atoms with Gasteiger partial charge in [-0.05, 0) is 28.7 Å². The van der Waals surface area contributed by atoms with E-state index < -0.39 is 0 Å². The van der Waals surface area contributed by atoms with E-state index in [1.807, 2.05) is 18.2 Å². The Bertz CT molecular complexity index is 341. The predicted octanol–water partition coefficient (Wildman–Crippen LogP) is 2.39. The highest BCUT2D eigenvalue weighted by atomic mass is 127. The number of nitrogens with zero attached hydrogens (tertiary/aromatic N) is 1. The van der Waals surface area contributed by atoms with Gasteiger partial charge in [0.05, 0.1) is 12.5 Å². The molecule has 1 aromatic rings. The highest BCUT2D eigenvalue weighted by molar-refractivity contribution is 14.1. The van der Waals surface area contributed by atoms with Crippen molar-refractivity contribution in [3.05, 3.63) is 33.4 Å². The Hall–Kier alpha value is -0.890. The minimum absolute atomic E-state index is 0.0417. The maximum atomic E-state index is 11.2. The molecule has 0 unspecified atom stereocenters. The minimum Gasteiger partial charge on any atom is -0.293 e. The van der Waals surface area contributed by atoms with Gasteiger partial charge in [-0.25, -0.2) is 0 Å². The van der Waals surface area contributed by atoms with Gasteiger partial charge in [0.25, 0.3) is 0 Å². The van der Waals surface area contributed by atoms with Crippen LogP contribution in [-0.2, 0) is 0 Å². The highest BCUT2D eigenvalue weighted by Crippen LogP contribution is 2.12. The van der Waals surface area contributed by atoms with E-state index >= 15 is 0 Å². The second kappa shape index (κ2) is 4.21. The number of nitriles is 1. The van der Waals surface area contributed by atoms with E-state index in [2.05, 4.69) is 22.6 Å². The summed E-state index contributed by atoms with van der Waals surface area (Å²) >= 11 is 2.09. The first kappa shape index (κ1) is 9.20. The molecule has 0 saturated carbocycles. The Morgan fingerprint density at radius 1 is 1.50 bits per heavy atom. The SMILES string of the molecule is N#CCC(=O)c1ccccc1I. The molecule has 0 aliphatic carbocycles. The van der Waals surface area contributed by atoms with Crippen LogP contribution in [0.3, 0.4) is 0 Å². The second-order valence-corrected chi connectivity index (χ2v) is 3.40. The van der Waals surface area contributed by atoms with Gasteiger partial charge < -0.3 is 0 Å². The maximum Gasteiger partial charge on any atom is 0.177 e. The van der Waals surface area contributed by atoms with Crippen LogP contribution >= 0.6 is 22.6 Å². The fourth-order valence-corrected chi connectivity index (χ4v) is 1.54. The molecule has 0 heterocycles. The third kappa shape index (κ3) is 2.05. The lowest BCUT2D eigenvalue weighted by atomic mass is 10.1. The number of hydrogen-bond donors (Lipinski definition) is 0. The molecule has 0 atom stereocenters. The molecule has 2 nitrogen and oxygen atoms in total. The smallest absolute Gasteiger partial charge is 0.177 e. The summed E-state index contributed by atoms with van der Waals surface area (Å²) in [7, 11) is 0. The van der Waals surface area contributed by atoms with Crippen molar-refractivity contribution in [3.8, 4) is 6.07 Å². The Labute approximate surface area is 84.3 Å². The number of carbonyl (C=O) groups is 1. The first-order valence-corrected chi connectivity index (χ1v) is 4.48. The lowest BCUT2D eigenvalue weighted by Gasteiger charge is -1.98. The van der Waals surface area contributed by atoms with E-state index in [1.54, 1.807) is 12.1 Å². The van der Waals surface area contributed by atoms with Crippen molar-refractivity contribution < 1.29 is 4.79 Å². The quantitative estimate of drug-likeness (QED) is 0.612. The van der Waals surface area contributed by atoms with Crippen molar-refractivity contribution in [2.24, 2.45) is 0 Å². The molecule has 0 aromatic heterocycles. The van der Waals surface area contributed by atoms with Gasteiger partial charge in [0.15, 0.2) is 5.78 Å². The number of hydrogen-bond acceptors (Lipinski definition) is 2. The molecular formula is C9H6INO. The van der Waals surface area contributed by atoms with E-state index in [9.17, 15) is 4.79 Å². The summed E-state index contributed by atoms with van der Waals surface area (Å²) in [5.74, 6) is -0.109. The van der Waals surface area contributed by atoms with Crippen LogP contribution < -0.4 is 0 Å². The van der Waals surface area contributed by atoms with Crippen LogP contribution in [0, 0.1) is 14.9 Å². The first-order chi connectivity index (χ1) is 5.75. The largest absolute Gasteiger partial charge is 0.293 e. The van der Waals surface area contributed by atoms with Gasteiger partial charge in [-0.15, -0.1) is 0 Å². The average molecular weight is 271 g/mol. The van der Waals surface area contributed by atoms with Crippen molar-refractivity contribution in [2.75, 3.05) is 0 Å². The van der Waals surface area contributed by atoms with Crippen LogP contribution in [0.1, 0.15) is 16.8 Å². The zero-order valence-electron chi connectivity index (χ0n) is 6.25. The monoisotopic (exact) mass is 271 g/mol. The molecule has 0 fully saturated rings. The summed E-state index contributed by atoms with van der Waals surface area (Å²) < 4.78 is 0.898. The Morgan fingerprint density at radius 3 is 2.75 bits per heavy atom. The molecule has 60 valence electrons. The van der Waals surface area contributed by atoms with Crippen molar-refractivity contribution in [1.82, 2.24) is 0 Å². The van der Waals surface area contributed by atoms with Gasteiger partial charge in [0.1, 0.15) is 0 Å². The molecule has 0 amide bonds. The summed E-state index contributed by atoms with van der Waals surface area (Å²) in [6, 6.07) is 9.09. The molecule has 0 saturated heterocycles. The summed E-state index contributed by atoms with van der Waals surface area (Å²) in [5.41, 5.74) is 0.639. The lowest BCUT2D eigenvalue weighted by molar-refractivity contribution is 0.0997. The van der Waals surface area contributed by atoms with Gasteiger partial charge in [-0.1, -0.05) is 18.2 Å². The third-order valence-corrected chi connectivity index (χ3v) is 2.35. The van der Waals surface area contributed by atoms with Gasteiger partial charge in [0.2, 0.25) is 0 Å². The number of Topliss-reactive ketones (excluding diaryl/α,β-unsaturated/α-hetero) is 1. The van der Waals surface area contributed by atoms with Crippen molar-refractivity contribution in [1.29, 1.82) is 5.26 Å². The van der Waals surface area contributed by atoms with Crippen LogP contribution in [0.4, 0.5) is 0 Å². The van der Waals surface area contributed by atoms with E-state index in [-0.39, 0.29) is 12.2 Å². The van der Waals surface area contributed by atoms with Gasteiger partial charge in [-0.2, -0.15) is 5.26 Å². The summed E-state index contributed by atoms with van der Waals surface area (Å²) in [6.45, 7) is 0. The number of ketones is 1. The van der Waals surface area contributed by atoms with Crippen LogP contribution in [0.15, 0.2) is 24.3 Å². The van der Waals surface area contributed by atoms with E-state index in [0.29, 0.717) is 5.56 Å². The van der Waals surface area contributed by atoms with E-state index in [4.69, 9.17) is 5.26 Å². The van der Waals surface area contributed by atoms with Crippen LogP contribution in [0.5, 0.6) is 0 Å². The van der Waals surface area contributed by atoms with Crippen LogP contribution in [-0.4, -0.2) is 5.78 Å². The first-order valence-electron chi connectivity index (χ1n) is 3.40. The van der Waals surface area contributed by atoms with Gasteiger partial charge in [0, 0.05) is 9.13 Å². The molecule has 0 N–H and O–H groups in total. The molecule has 0 aliphatic rings. The number of rotatable bonds is 2. The van der Waals surface area contributed by atoms with Crippen LogP contribution in [0.2, 0.25) is 0 Å². The molecule has 0 aliphatic heterocycles. The number of benzene rings is 1. The molecule has 0 radical (unpaired) electrons. The topological polar surface area (TPSA) is 40.9 Å². The molecule has 12 heavy (non-hydrogen) atoms. The van der Waals surface area contributed by atoms with Crippen LogP contribution in [0.25, 0.3) is 0 Å². The van der Waals surface area contributed by atoms with E-state index in [1.165, 1.54) is 0 Å². The van der Waals surface area contributed by atoms with Gasteiger partial charge >= 0.3 is 0 Å². The van der Waals surface area contributed by atoms with Gasteiger partial charge in [-0.3, -0.25) is 4.79 Å². The Kier molecular flexibility index (Phi) is 3.23. The summed E-state index contributed by atoms with van der Waals surface area (Å²) in [5, 5.41) is 8.32. The second-order valence-electron chi connectivity index (χ2n) is 2.24. The standard InChI is InChI=1S/C9H6INO/c10-8-4-2-1-3-7(8)9(12)5-6-11/h1-4H,5H2. The maximum absolute atomic E-state index is 11.2. The Morgan fingerprint density at radius 2 is 2.17 bits per heavy atom. The fourth-order valence-electron chi connectivity index (χ4n) is 0.854. The molecule has 0 spiro atoms. The number of halogens is 1. The third-order valence-electron chi connectivity index (χ3n) is 1.41. The molecule has 3 heteroatoms. The zero-order chi connectivity index (χ0) is 8.97. The highest BCUT2D eigenvalue weighted by Gasteiger charge is 2.07. The summed E-state index contributed by atoms with van der Waals surface area (Å²) in [4.78, 5) is 11.2. The van der Waals surface area contributed by atoms with Crippen molar-refractivity contribution in [3.63, 3.8) is 0 Å². The average Bonchev–Trinajstić information content (AvgIpc) is 2.05. The normalized spacial score (nSPS) is 9.00. The zero-order valence-corrected chi connectivity index (χ0v) is 8.41. The molecule has 1 aromatic carbocycles. The molecule has 1 rings (SSSR count). The van der Waals surface area contributed by atoms with Crippen molar-refractivity contribution >= 4 is 28.4 Å². The minimum atomic E-state index is -0.109. The predicted molar refractivity (Wildman–Crippen MR) is 53.7 cm³/mol. The Balaban J connectivity index is 2.97. The van der Waals surface area contributed by atoms with Crippen molar-refractivity contribution in [2.45, 2.75) is 6.42 Å².